The number of carbonyl (C=O) groups is 3. The number of esters is 1. The Morgan fingerprint density at radius 1 is 1.13 bits per heavy atom. The van der Waals surface area contributed by atoms with Crippen LogP contribution in [0.4, 0.5) is 10.7 Å². The van der Waals surface area contributed by atoms with Crippen LogP contribution in [0.3, 0.4) is 0 Å². The standard InChI is InChI=1S/C29H31ClN2O6S/c1-5-37-29(35)25-21-12-6-16(2)14-24(21)39-28(25)32-27(34)18-7-10-20(11-8-18)38-17(3)26(33)31-22-15-19(30)9-13-23(22)36-4/h7-11,13,15-17H,5-6,12,14H2,1-4H3,(H,31,33)(H,32,34)/t16-,17+/m1/s1. The fourth-order valence-electron chi connectivity index (χ4n) is 4.39. The Balaban J connectivity index is 1.43. The van der Waals surface area contributed by atoms with Gasteiger partial charge in [0, 0.05) is 15.5 Å². The summed E-state index contributed by atoms with van der Waals surface area (Å²) in [5, 5.41) is 6.63. The Bertz CT molecular complexity index is 1370. The minimum atomic E-state index is -0.833. The molecule has 0 spiro atoms. The quantitative estimate of drug-likeness (QED) is 0.290. The van der Waals surface area contributed by atoms with Crippen molar-refractivity contribution < 1.29 is 28.6 Å². The van der Waals surface area contributed by atoms with Gasteiger partial charge in [-0.1, -0.05) is 18.5 Å². The van der Waals surface area contributed by atoms with E-state index in [4.69, 9.17) is 25.8 Å². The second kappa shape index (κ2) is 12.5. The molecule has 4 rings (SSSR count). The van der Waals surface area contributed by atoms with Crippen LogP contribution in [0.1, 0.15) is 58.3 Å². The van der Waals surface area contributed by atoms with E-state index >= 15 is 0 Å². The lowest BCUT2D eigenvalue weighted by Crippen LogP contribution is -2.30. The van der Waals surface area contributed by atoms with Crippen molar-refractivity contribution in [1.82, 2.24) is 0 Å². The van der Waals surface area contributed by atoms with Gasteiger partial charge in [0.2, 0.25) is 0 Å². The van der Waals surface area contributed by atoms with Gasteiger partial charge in [-0.3, -0.25) is 9.59 Å². The van der Waals surface area contributed by atoms with Crippen LogP contribution < -0.4 is 20.1 Å². The first kappa shape index (κ1) is 28.4. The monoisotopic (exact) mass is 570 g/mol. The van der Waals surface area contributed by atoms with E-state index in [1.54, 1.807) is 56.3 Å². The minimum Gasteiger partial charge on any atom is -0.495 e. The molecule has 1 heterocycles. The van der Waals surface area contributed by atoms with Crippen LogP contribution in [0.15, 0.2) is 42.5 Å². The highest BCUT2D eigenvalue weighted by molar-refractivity contribution is 7.17. The van der Waals surface area contributed by atoms with Crippen LogP contribution in [0.2, 0.25) is 5.02 Å². The van der Waals surface area contributed by atoms with Crippen molar-refractivity contribution >= 4 is 51.4 Å². The van der Waals surface area contributed by atoms with E-state index in [2.05, 4.69) is 17.6 Å². The minimum absolute atomic E-state index is 0.262. The summed E-state index contributed by atoms with van der Waals surface area (Å²) in [5.74, 6) is 0.269. The first-order valence-electron chi connectivity index (χ1n) is 12.7. The van der Waals surface area contributed by atoms with Crippen molar-refractivity contribution in [3.05, 3.63) is 69.1 Å². The highest BCUT2D eigenvalue weighted by Gasteiger charge is 2.29. The number of hydrogen-bond acceptors (Lipinski definition) is 7. The molecule has 206 valence electrons. The third-order valence-electron chi connectivity index (χ3n) is 6.44. The predicted octanol–water partition coefficient (Wildman–Crippen LogP) is 6.37. The molecule has 0 saturated carbocycles. The zero-order valence-electron chi connectivity index (χ0n) is 22.3. The van der Waals surface area contributed by atoms with E-state index in [1.165, 1.54) is 18.4 Å². The van der Waals surface area contributed by atoms with Crippen LogP contribution in [-0.2, 0) is 22.4 Å². The molecular formula is C29H31ClN2O6S. The third kappa shape index (κ3) is 6.72. The van der Waals surface area contributed by atoms with Crippen molar-refractivity contribution in [1.29, 1.82) is 0 Å². The number of benzene rings is 2. The Labute approximate surface area is 236 Å². The Hall–Kier alpha value is -3.56. The molecule has 2 aromatic carbocycles. The largest absolute Gasteiger partial charge is 0.495 e. The van der Waals surface area contributed by atoms with Gasteiger partial charge < -0.3 is 24.8 Å². The number of fused-ring (bicyclic) bond motifs is 1. The lowest BCUT2D eigenvalue weighted by molar-refractivity contribution is -0.122. The van der Waals surface area contributed by atoms with Crippen molar-refractivity contribution in [2.75, 3.05) is 24.4 Å². The molecule has 1 aliphatic carbocycles. The molecule has 0 radical (unpaired) electrons. The maximum Gasteiger partial charge on any atom is 0.341 e. The molecular weight excluding hydrogens is 540 g/mol. The summed E-state index contributed by atoms with van der Waals surface area (Å²) in [5.41, 5.74) is 2.27. The molecule has 0 aliphatic heterocycles. The number of rotatable bonds is 9. The molecule has 39 heavy (non-hydrogen) atoms. The number of nitrogens with one attached hydrogen (secondary N) is 2. The van der Waals surface area contributed by atoms with E-state index < -0.39 is 12.1 Å². The summed E-state index contributed by atoms with van der Waals surface area (Å²) in [6, 6.07) is 11.4. The Kier molecular flexibility index (Phi) is 9.14. The van der Waals surface area contributed by atoms with Gasteiger partial charge >= 0.3 is 5.97 Å². The van der Waals surface area contributed by atoms with Crippen molar-refractivity contribution in [3.8, 4) is 11.5 Å². The van der Waals surface area contributed by atoms with Gasteiger partial charge in [0.05, 0.1) is 25.0 Å². The summed E-state index contributed by atoms with van der Waals surface area (Å²) in [7, 11) is 1.50. The van der Waals surface area contributed by atoms with E-state index in [9.17, 15) is 14.4 Å². The van der Waals surface area contributed by atoms with Gasteiger partial charge in [0.1, 0.15) is 16.5 Å². The molecule has 10 heteroatoms. The molecule has 2 N–H and O–H groups in total. The summed E-state index contributed by atoms with van der Waals surface area (Å²) < 4.78 is 16.3. The van der Waals surface area contributed by atoms with Crippen LogP contribution in [-0.4, -0.2) is 37.6 Å². The van der Waals surface area contributed by atoms with Crippen LogP contribution in [0.5, 0.6) is 11.5 Å². The number of hydrogen-bond donors (Lipinski definition) is 2. The van der Waals surface area contributed by atoms with Crippen LogP contribution >= 0.6 is 22.9 Å². The highest BCUT2D eigenvalue weighted by Crippen LogP contribution is 2.40. The van der Waals surface area contributed by atoms with Gasteiger partial charge in [0.25, 0.3) is 11.8 Å². The van der Waals surface area contributed by atoms with Crippen LogP contribution in [0, 0.1) is 5.92 Å². The number of methoxy groups -OCH3 is 1. The number of ether oxygens (including phenoxy) is 3. The van der Waals surface area contributed by atoms with Crippen molar-refractivity contribution in [2.45, 2.75) is 46.1 Å². The number of thiophene rings is 1. The van der Waals surface area contributed by atoms with Crippen LogP contribution in [0.25, 0.3) is 0 Å². The fraction of sp³-hybridized carbons (Fsp3) is 0.345. The molecule has 2 amide bonds. The van der Waals surface area contributed by atoms with Gasteiger partial charge in [-0.2, -0.15) is 0 Å². The number of anilines is 2. The summed E-state index contributed by atoms with van der Waals surface area (Å²) in [6.07, 6.45) is 1.83. The molecule has 0 fully saturated rings. The summed E-state index contributed by atoms with van der Waals surface area (Å²) in [4.78, 5) is 39.6. The van der Waals surface area contributed by atoms with Gasteiger partial charge in [-0.05, 0) is 87.1 Å². The smallest absolute Gasteiger partial charge is 0.341 e. The zero-order chi connectivity index (χ0) is 28.1. The van der Waals surface area contributed by atoms with Crippen molar-refractivity contribution in [3.63, 3.8) is 0 Å². The molecule has 1 aliphatic rings. The number of amides is 2. The van der Waals surface area contributed by atoms with E-state index in [1.807, 2.05) is 0 Å². The fourth-order valence-corrected chi connectivity index (χ4v) is 5.95. The average molecular weight is 571 g/mol. The zero-order valence-corrected chi connectivity index (χ0v) is 23.8. The van der Waals surface area contributed by atoms with Gasteiger partial charge in [-0.15, -0.1) is 11.3 Å². The second-order valence-electron chi connectivity index (χ2n) is 9.35. The first-order valence-corrected chi connectivity index (χ1v) is 13.9. The maximum absolute atomic E-state index is 13.1. The lowest BCUT2D eigenvalue weighted by atomic mass is 9.88. The SMILES string of the molecule is CCOC(=O)c1c(NC(=O)c2ccc(O[C@@H](C)C(=O)Nc3cc(Cl)ccc3OC)cc2)sc2c1CC[C@@H](C)C2. The molecule has 0 saturated heterocycles. The number of carbonyl (C=O) groups excluding carboxylic acids is 3. The average Bonchev–Trinajstić information content (AvgIpc) is 3.26. The van der Waals surface area contributed by atoms with E-state index in [0.717, 1.165) is 29.7 Å². The van der Waals surface area contributed by atoms with E-state index in [-0.39, 0.29) is 18.4 Å². The predicted molar refractivity (Wildman–Crippen MR) is 153 cm³/mol. The van der Waals surface area contributed by atoms with Gasteiger partial charge in [-0.25, -0.2) is 4.79 Å². The van der Waals surface area contributed by atoms with E-state index in [0.29, 0.717) is 44.3 Å². The molecule has 8 nitrogen and oxygen atoms in total. The molecule has 0 bridgehead atoms. The topological polar surface area (TPSA) is 103 Å². The second-order valence-corrected chi connectivity index (χ2v) is 10.9. The lowest BCUT2D eigenvalue weighted by Gasteiger charge is -2.18. The molecule has 1 aromatic heterocycles. The summed E-state index contributed by atoms with van der Waals surface area (Å²) >= 11 is 7.48. The number of halogens is 1. The normalized spacial score (nSPS) is 15.1. The summed E-state index contributed by atoms with van der Waals surface area (Å²) in [6.45, 7) is 5.83. The highest BCUT2D eigenvalue weighted by atomic mass is 35.5. The molecule has 0 unspecified atom stereocenters. The van der Waals surface area contributed by atoms with Gasteiger partial charge in [0.15, 0.2) is 6.10 Å². The van der Waals surface area contributed by atoms with Crippen molar-refractivity contribution in [2.24, 2.45) is 5.92 Å². The molecule has 2 atom stereocenters. The Morgan fingerprint density at radius 3 is 2.56 bits per heavy atom. The third-order valence-corrected chi connectivity index (χ3v) is 7.84. The first-order chi connectivity index (χ1) is 18.7. The maximum atomic E-state index is 13.1. The molecule has 3 aromatic rings. The Morgan fingerprint density at radius 2 is 1.87 bits per heavy atom.